The molecule has 0 aromatic heterocycles. The van der Waals surface area contributed by atoms with Crippen molar-refractivity contribution in [2.45, 2.75) is 0 Å². The number of thiocarbonyl (C=S) groups is 1. The fraction of sp³-hybridized carbons (Fsp3) is 0.111. The van der Waals surface area contributed by atoms with E-state index in [1.54, 1.807) is 0 Å². The van der Waals surface area contributed by atoms with Crippen LogP contribution in [0.1, 0.15) is 5.56 Å². The van der Waals surface area contributed by atoms with Gasteiger partial charge in [-0.3, -0.25) is 5.43 Å². The molecule has 0 amide bonds. The second-order valence-corrected chi connectivity index (χ2v) is 3.40. The van der Waals surface area contributed by atoms with Crippen molar-refractivity contribution < 1.29 is 13.9 Å². The van der Waals surface area contributed by atoms with Gasteiger partial charge in [0.15, 0.2) is 16.6 Å². The van der Waals surface area contributed by atoms with E-state index >= 15 is 0 Å². The Balaban J connectivity index is 2.21. The van der Waals surface area contributed by atoms with E-state index in [1.165, 1.54) is 18.3 Å². The highest BCUT2D eigenvalue weighted by Crippen LogP contribution is 2.33. The molecule has 0 unspecified atom stereocenters. The molecule has 7 heteroatoms. The van der Waals surface area contributed by atoms with Gasteiger partial charge in [-0.15, -0.1) is 0 Å². The van der Waals surface area contributed by atoms with E-state index in [-0.39, 0.29) is 17.5 Å². The normalized spacial score (nSPS) is 13.1. The van der Waals surface area contributed by atoms with Gasteiger partial charge in [0.05, 0.1) is 6.21 Å². The molecule has 0 saturated heterocycles. The quantitative estimate of drug-likeness (QED) is 0.453. The molecule has 1 aromatic carbocycles. The minimum absolute atomic E-state index is 0.0115. The number of hydrogen-bond acceptors (Lipinski definition) is 4. The molecule has 0 bridgehead atoms. The molecule has 84 valence electrons. The molecular formula is C9H8FN3O2S. The van der Waals surface area contributed by atoms with Crippen LogP contribution >= 0.6 is 12.2 Å². The molecule has 0 saturated carbocycles. The maximum atomic E-state index is 13.5. The van der Waals surface area contributed by atoms with Crippen molar-refractivity contribution in [3.8, 4) is 11.5 Å². The molecule has 0 aliphatic carbocycles. The average Bonchev–Trinajstić information content (AvgIpc) is 2.64. The van der Waals surface area contributed by atoms with Crippen LogP contribution in [0.15, 0.2) is 17.2 Å². The summed E-state index contributed by atoms with van der Waals surface area (Å²) in [5.41, 5.74) is 7.74. The van der Waals surface area contributed by atoms with Gasteiger partial charge in [0.25, 0.3) is 0 Å². The van der Waals surface area contributed by atoms with Crippen LogP contribution in [0.5, 0.6) is 11.5 Å². The largest absolute Gasteiger partial charge is 0.454 e. The molecule has 0 fully saturated rings. The monoisotopic (exact) mass is 241 g/mol. The molecule has 1 aliphatic heterocycles. The van der Waals surface area contributed by atoms with Crippen LogP contribution in [-0.4, -0.2) is 18.1 Å². The third kappa shape index (κ3) is 2.19. The van der Waals surface area contributed by atoms with E-state index in [0.29, 0.717) is 11.5 Å². The number of rotatable bonds is 2. The van der Waals surface area contributed by atoms with E-state index in [0.717, 1.165) is 0 Å². The summed E-state index contributed by atoms with van der Waals surface area (Å²) in [7, 11) is 0. The number of hydrazone groups is 1. The van der Waals surface area contributed by atoms with Gasteiger partial charge in [-0.2, -0.15) is 5.10 Å². The van der Waals surface area contributed by atoms with Crippen molar-refractivity contribution in [2.24, 2.45) is 10.8 Å². The predicted molar refractivity (Wildman–Crippen MR) is 60.0 cm³/mol. The van der Waals surface area contributed by atoms with Gasteiger partial charge < -0.3 is 15.2 Å². The van der Waals surface area contributed by atoms with Crippen molar-refractivity contribution >= 4 is 23.5 Å². The van der Waals surface area contributed by atoms with Crippen LogP contribution in [0.4, 0.5) is 4.39 Å². The highest BCUT2D eigenvalue weighted by atomic mass is 32.1. The van der Waals surface area contributed by atoms with Crippen molar-refractivity contribution in [1.82, 2.24) is 5.43 Å². The van der Waals surface area contributed by atoms with Crippen molar-refractivity contribution in [2.75, 3.05) is 6.79 Å². The summed E-state index contributed by atoms with van der Waals surface area (Å²) in [5, 5.41) is 3.66. The van der Waals surface area contributed by atoms with Crippen LogP contribution in [0.25, 0.3) is 0 Å². The van der Waals surface area contributed by atoms with E-state index in [9.17, 15) is 4.39 Å². The first-order chi connectivity index (χ1) is 7.66. The van der Waals surface area contributed by atoms with Gasteiger partial charge >= 0.3 is 0 Å². The molecule has 1 aliphatic rings. The Bertz CT molecular complexity index is 464. The van der Waals surface area contributed by atoms with E-state index in [4.69, 9.17) is 15.2 Å². The summed E-state index contributed by atoms with van der Waals surface area (Å²) in [6.07, 6.45) is 1.26. The molecule has 16 heavy (non-hydrogen) atoms. The number of hydrogen-bond donors (Lipinski definition) is 2. The first-order valence-corrected chi connectivity index (χ1v) is 4.75. The molecule has 0 spiro atoms. The summed E-state index contributed by atoms with van der Waals surface area (Å²) >= 11 is 4.54. The highest BCUT2D eigenvalue weighted by Gasteiger charge is 2.16. The minimum atomic E-state index is -0.460. The molecule has 1 heterocycles. The molecule has 1 aromatic rings. The number of nitrogens with one attached hydrogen (secondary N) is 1. The molecule has 3 N–H and O–H groups in total. The van der Waals surface area contributed by atoms with Gasteiger partial charge in [0, 0.05) is 11.6 Å². The Morgan fingerprint density at radius 2 is 2.19 bits per heavy atom. The van der Waals surface area contributed by atoms with Crippen molar-refractivity contribution in [3.05, 3.63) is 23.5 Å². The SMILES string of the molecule is NC(=S)N/N=C/c1cc2c(cc1F)OCO2. The zero-order valence-corrected chi connectivity index (χ0v) is 8.88. The number of nitrogens with zero attached hydrogens (tertiary/aromatic N) is 1. The maximum absolute atomic E-state index is 13.5. The smallest absolute Gasteiger partial charge is 0.231 e. The molecule has 0 atom stereocenters. The van der Waals surface area contributed by atoms with Gasteiger partial charge in [-0.1, -0.05) is 0 Å². The third-order valence-corrected chi connectivity index (χ3v) is 1.96. The van der Waals surface area contributed by atoms with E-state index in [1.807, 2.05) is 0 Å². The lowest BCUT2D eigenvalue weighted by Gasteiger charge is -2.00. The van der Waals surface area contributed by atoms with E-state index in [2.05, 4.69) is 22.7 Å². The zero-order chi connectivity index (χ0) is 11.5. The van der Waals surface area contributed by atoms with Crippen LogP contribution < -0.4 is 20.6 Å². The Hall–Kier alpha value is -1.89. The number of ether oxygens (including phenoxy) is 2. The highest BCUT2D eigenvalue weighted by molar-refractivity contribution is 7.80. The van der Waals surface area contributed by atoms with Crippen molar-refractivity contribution in [1.29, 1.82) is 0 Å². The average molecular weight is 241 g/mol. The minimum Gasteiger partial charge on any atom is -0.454 e. The fourth-order valence-electron chi connectivity index (χ4n) is 1.20. The lowest BCUT2D eigenvalue weighted by molar-refractivity contribution is 0.174. The van der Waals surface area contributed by atoms with Crippen LogP contribution in [-0.2, 0) is 0 Å². The molecule has 0 radical (unpaired) electrons. The number of benzene rings is 1. The van der Waals surface area contributed by atoms with Gasteiger partial charge in [0.2, 0.25) is 6.79 Å². The molecule has 2 rings (SSSR count). The number of nitrogens with two attached hydrogens (primary N) is 1. The van der Waals surface area contributed by atoms with Crippen LogP contribution in [0.2, 0.25) is 0 Å². The fourth-order valence-corrected chi connectivity index (χ4v) is 1.25. The summed E-state index contributed by atoms with van der Waals surface area (Å²) in [6, 6.07) is 2.73. The topological polar surface area (TPSA) is 68.9 Å². The van der Waals surface area contributed by atoms with Crippen LogP contribution in [0, 0.1) is 5.82 Å². The Kier molecular flexibility index (Phi) is 2.86. The van der Waals surface area contributed by atoms with Gasteiger partial charge in [-0.05, 0) is 18.3 Å². The summed E-state index contributed by atoms with van der Waals surface area (Å²) in [4.78, 5) is 0. The predicted octanol–water partition coefficient (Wildman–Crippen LogP) is 0.722. The Morgan fingerprint density at radius 3 is 2.88 bits per heavy atom. The first kappa shape index (κ1) is 10.6. The van der Waals surface area contributed by atoms with Gasteiger partial charge in [-0.25, -0.2) is 4.39 Å². The second-order valence-electron chi connectivity index (χ2n) is 2.96. The number of fused-ring (bicyclic) bond motifs is 1. The zero-order valence-electron chi connectivity index (χ0n) is 8.07. The second kappa shape index (κ2) is 4.31. The summed E-state index contributed by atoms with van der Waals surface area (Å²) < 4.78 is 23.6. The van der Waals surface area contributed by atoms with E-state index < -0.39 is 5.82 Å². The third-order valence-electron chi connectivity index (χ3n) is 1.87. The first-order valence-electron chi connectivity index (χ1n) is 4.34. The standard InChI is InChI=1S/C9H8FN3O2S/c10-6-2-8-7(14-4-15-8)1-5(6)3-12-13-9(11)16/h1-3H,4H2,(H3,11,13,16)/b12-3+. The lowest BCUT2D eigenvalue weighted by atomic mass is 10.2. The summed E-state index contributed by atoms with van der Waals surface area (Å²) in [5.74, 6) is 0.410. The lowest BCUT2D eigenvalue weighted by Crippen LogP contribution is -2.24. The maximum Gasteiger partial charge on any atom is 0.231 e. The Morgan fingerprint density at radius 1 is 1.50 bits per heavy atom. The molecule has 5 nitrogen and oxygen atoms in total. The van der Waals surface area contributed by atoms with Crippen molar-refractivity contribution in [3.63, 3.8) is 0 Å². The summed E-state index contributed by atoms with van der Waals surface area (Å²) in [6.45, 7) is 0.0977. The molecular weight excluding hydrogens is 233 g/mol. The Labute approximate surface area is 96.0 Å². The van der Waals surface area contributed by atoms with Crippen LogP contribution in [0.3, 0.4) is 0 Å². The van der Waals surface area contributed by atoms with Gasteiger partial charge in [0.1, 0.15) is 5.82 Å². The number of halogens is 1.